The van der Waals surface area contributed by atoms with E-state index in [4.69, 9.17) is 28.9 Å². The Kier molecular flexibility index (Phi) is 5.34. The van der Waals surface area contributed by atoms with Crippen LogP contribution >= 0.6 is 34.5 Å². The number of piperidine rings is 1. The van der Waals surface area contributed by atoms with E-state index in [0.29, 0.717) is 6.04 Å². The standard InChI is InChI=1S/C13H20Cl2N2S/c1-9(11-8-12(14)18-13(11)15)17-6-3-10(2-5-16)4-7-17/h8-10H,2-7,16H2,1H3. The van der Waals surface area contributed by atoms with Crippen molar-refractivity contribution in [3.8, 4) is 0 Å². The first kappa shape index (κ1) is 14.6. The molecule has 0 radical (unpaired) electrons. The molecular formula is C13H20Cl2N2S. The number of likely N-dealkylation sites (tertiary alicyclic amines) is 1. The van der Waals surface area contributed by atoms with Crippen molar-refractivity contribution >= 4 is 34.5 Å². The van der Waals surface area contributed by atoms with Gasteiger partial charge >= 0.3 is 0 Å². The maximum atomic E-state index is 6.23. The smallest absolute Gasteiger partial charge is 0.0991 e. The highest BCUT2D eigenvalue weighted by Gasteiger charge is 2.25. The fourth-order valence-corrected chi connectivity index (χ4v) is 4.33. The Balaban J connectivity index is 1.95. The molecule has 102 valence electrons. The maximum absolute atomic E-state index is 6.23. The molecule has 18 heavy (non-hydrogen) atoms. The highest BCUT2D eigenvalue weighted by atomic mass is 35.5. The Morgan fingerprint density at radius 1 is 1.44 bits per heavy atom. The molecule has 2 N–H and O–H groups in total. The molecule has 1 fully saturated rings. The molecule has 0 aromatic carbocycles. The predicted octanol–water partition coefficient (Wildman–Crippen LogP) is 4.18. The summed E-state index contributed by atoms with van der Waals surface area (Å²) in [6.45, 7) is 5.30. The Morgan fingerprint density at radius 2 is 2.11 bits per heavy atom. The lowest BCUT2D eigenvalue weighted by atomic mass is 9.92. The molecule has 1 saturated heterocycles. The van der Waals surface area contributed by atoms with Crippen LogP contribution in [-0.4, -0.2) is 24.5 Å². The van der Waals surface area contributed by atoms with E-state index in [9.17, 15) is 0 Å². The highest BCUT2D eigenvalue weighted by Crippen LogP contribution is 2.38. The van der Waals surface area contributed by atoms with Gasteiger partial charge in [0.25, 0.3) is 0 Å². The van der Waals surface area contributed by atoms with Gasteiger partial charge < -0.3 is 5.73 Å². The van der Waals surface area contributed by atoms with Crippen molar-refractivity contribution in [2.24, 2.45) is 11.7 Å². The second-order valence-corrected chi connectivity index (χ2v) is 7.30. The topological polar surface area (TPSA) is 29.3 Å². The fourth-order valence-electron chi connectivity index (χ4n) is 2.70. The molecule has 0 bridgehead atoms. The predicted molar refractivity (Wildman–Crippen MR) is 80.7 cm³/mol. The molecular weight excluding hydrogens is 287 g/mol. The van der Waals surface area contributed by atoms with E-state index < -0.39 is 0 Å². The molecule has 5 heteroatoms. The van der Waals surface area contributed by atoms with Crippen molar-refractivity contribution in [3.05, 3.63) is 20.3 Å². The number of thiophene rings is 1. The largest absolute Gasteiger partial charge is 0.330 e. The summed E-state index contributed by atoms with van der Waals surface area (Å²) in [6, 6.07) is 2.37. The first-order chi connectivity index (χ1) is 8.61. The van der Waals surface area contributed by atoms with E-state index in [0.717, 1.165) is 40.6 Å². The zero-order chi connectivity index (χ0) is 13.1. The lowest BCUT2D eigenvalue weighted by molar-refractivity contribution is 0.138. The van der Waals surface area contributed by atoms with Crippen LogP contribution in [0, 0.1) is 5.92 Å². The number of hydrogen-bond donors (Lipinski definition) is 1. The van der Waals surface area contributed by atoms with Gasteiger partial charge in [0.15, 0.2) is 0 Å². The average Bonchev–Trinajstić information content (AvgIpc) is 2.69. The zero-order valence-corrected chi connectivity index (χ0v) is 13.0. The van der Waals surface area contributed by atoms with Gasteiger partial charge in [-0.1, -0.05) is 23.2 Å². The summed E-state index contributed by atoms with van der Waals surface area (Å²) in [6.07, 6.45) is 3.65. The molecule has 2 heterocycles. The first-order valence-corrected chi connectivity index (χ1v) is 8.08. The molecule has 2 rings (SSSR count). The third-order valence-corrected chi connectivity index (χ3v) is 5.42. The number of hydrogen-bond acceptors (Lipinski definition) is 3. The minimum atomic E-state index is 0.361. The lowest BCUT2D eigenvalue weighted by Gasteiger charge is -2.36. The molecule has 2 nitrogen and oxygen atoms in total. The van der Waals surface area contributed by atoms with E-state index in [1.807, 2.05) is 6.07 Å². The van der Waals surface area contributed by atoms with E-state index in [1.165, 1.54) is 29.7 Å². The molecule has 1 aromatic heterocycles. The van der Waals surface area contributed by atoms with Gasteiger partial charge in [-0.3, -0.25) is 4.90 Å². The molecule has 0 aliphatic carbocycles. The Morgan fingerprint density at radius 3 is 2.61 bits per heavy atom. The van der Waals surface area contributed by atoms with Crippen LogP contribution in [0.5, 0.6) is 0 Å². The van der Waals surface area contributed by atoms with Crippen LogP contribution in [0.1, 0.15) is 37.8 Å². The molecule has 0 spiro atoms. The minimum absolute atomic E-state index is 0.361. The van der Waals surface area contributed by atoms with Crippen LogP contribution in [0.25, 0.3) is 0 Å². The zero-order valence-electron chi connectivity index (χ0n) is 10.7. The van der Waals surface area contributed by atoms with E-state index in [-0.39, 0.29) is 0 Å². The van der Waals surface area contributed by atoms with Crippen molar-refractivity contribution in [2.45, 2.75) is 32.2 Å². The average molecular weight is 307 g/mol. The van der Waals surface area contributed by atoms with Gasteiger partial charge in [-0.2, -0.15) is 0 Å². The summed E-state index contributed by atoms with van der Waals surface area (Å²) in [5, 5.41) is 0. The van der Waals surface area contributed by atoms with Crippen LogP contribution in [0.2, 0.25) is 8.67 Å². The van der Waals surface area contributed by atoms with Gasteiger partial charge in [0, 0.05) is 11.6 Å². The second-order valence-electron chi connectivity index (χ2n) is 5.01. The van der Waals surface area contributed by atoms with Gasteiger partial charge in [-0.05, 0) is 57.8 Å². The SMILES string of the molecule is CC(c1cc(Cl)sc1Cl)N1CCC(CCN)CC1. The van der Waals surface area contributed by atoms with E-state index in [2.05, 4.69) is 11.8 Å². The summed E-state index contributed by atoms with van der Waals surface area (Å²) in [5.74, 6) is 0.806. The van der Waals surface area contributed by atoms with Gasteiger partial charge in [0.1, 0.15) is 0 Å². The third kappa shape index (κ3) is 3.40. The second kappa shape index (κ2) is 6.58. The highest BCUT2D eigenvalue weighted by molar-refractivity contribution is 7.20. The summed E-state index contributed by atoms with van der Waals surface area (Å²) in [7, 11) is 0. The monoisotopic (exact) mass is 306 g/mol. The lowest BCUT2D eigenvalue weighted by Crippen LogP contribution is -2.36. The van der Waals surface area contributed by atoms with Crippen molar-refractivity contribution in [1.82, 2.24) is 4.90 Å². The number of rotatable bonds is 4. The van der Waals surface area contributed by atoms with E-state index in [1.54, 1.807) is 0 Å². The minimum Gasteiger partial charge on any atom is -0.330 e. The molecule has 1 aliphatic rings. The fraction of sp³-hybridized carbons (Fsp3) is 0.692. The molecule has 1 atom stereocenters. The van der Waals surface area contributed by atoms with Crippen LogP contribution < -0.4 is 5.73 Å². The first-order valence-electron chi connectivity index (χ1n) is 6.50. The summed E-state index contributed by atoms with van der Waals surface area (Å²) >= 11 is 13.7. The molecule has 1 aromatic rings. The summed E-state index contributed by atoms with van der Waals surface area (Å²) in [5.41, 5.74) is 6.79. The number of nitrogens with zero attached hydrogens (tertiary/aromatic N) is 1. The quantitative estimate of drug-likeness (QED) is 0.904. The molecule has 0 saturated carbocycles. The van der Waals surface area contributed by atoms with Crippen LogP contribution in [-0.2, 0) is 0 Å². The summed E-state index contributed by atoms with van der Waals surface area (Å²) < 4.78 is 1.61. The normalized spacial score (nSPS) is 20.2. The van der Waals surface area contributed by atoms with Crippen molar-refractivity contribution in [3.63, 3.8) is 0 Å². The molecule has 0 amide bonds. The Hall–Kier alpha value is 0.200. The van der Waals surface area contributed by atoms with Crippen LogP contribution in [0.4, 0.5) is 0 Å². The maximum Gasteiger partial charge on any atom is 0.0991 e. The van der Waals surface area contributed by atoms with E-state index >= 15 is 0 Å². The number of nitrogens with two attached hydrogens (primary N) is 1. The van der Waals surface area contributed by atoms with Gasteiger partial charge in [-0.15, -0.1) is 11.3 Å². The molecule has 1 aliphatic heterocycles. The summed E-state index contributed by atoms with van der Waals surface area (Å²) in [4.78, 5) is 2.50. The molecule has 1 unspecified atom stereocenters. The van der Waals surface area contributed by atoms with Gasteiger partial charge in [0.05, 0.1) is 8.67 Å². The van der Waals surface area contributed by atoms with Crippen LogP contribution in [0.15, 0.2) is 6.07 Å². The van der Waals surface area contributed by atoms with Crippen molar-refractivity contribution < 1.29 is 0 Å². The third-order valence-electron chi connectivity index (χ3n) is 3.90. The van der Waals surface area contributed by atoms with Gasteiger partial charge in [0.2, 0.25) is 0 Å². The number of halogens is 2. The van der Waals surface area contributed by atoms with Crippen LogP contribution in [0.3, 0.4) is 0 Å². The Labute approximate surface area is 123 Å². The van der Waals surface area contributed by atoms with Crippen molar-refractivity contribution in [2.75, 3.05) is 19.6 Å². The van der Waals surface area contributed by atoms with Crippen molar-refractivity contribution in [1.29, 1.82) is 0 Å². The van der Waals surface area contributed by atoms with Gasteiger partial charge in [-0.25, -0.2) is 0 Å². The Bertz CT molecular complexity index is 386.